The van der Waals surface area contributed by atoms with E-state index < -0.39 is 4.87 Å². The highest BCUT2D eigenvalue weighted by Crippen LogP contribution is 2.48. The van der Waals surface area contributed by atoms with Crippen LogP contribution in [0.3, 0.4) is 0 Å². The smallest absolute Gasteiger partial charge is 0.141 e. The van der Waals surface area contributed by atoms with Gasteiger partial charge in [0, 0.05) is 5.92 Å². The summed E-state index contributed by atoms with van der Waals surface area (Å²) in [6.45, 7) is 0. The summed E-state index contributed by atoms with van der Waals surface area (Å²) in [7, 11) is 0. The van der Waals surface area contributed by atoms with Crippen LogP contribution < -0.4 is 0 Å². The van der Waals surface area contributed by atoms with E-state index in [2.05, 4.69) is 12.2 Å². The van der Waals surface area contributed by atoms with Gasteiger partial charge in [-0.15, -0.1) is 11.6 Å². The fourth-order valence-electron chi connectivity index (χ4n) is 1.97. The largest absolute Gasteiger partial charge is 0.301 e. The monoisotopic (exact) mass is 156 g/mol. The Bertz CT molecular complexity index is 199. The highest BCUT2D eigenvalue weighted by molar-refractivity contribution is 6.32. The van der Waals surface area contributed by atoms with Gasteiger partial charge < -0.3 is 4.79 Å². The lowest BCUT2D eigenvalue weighted by molar-refractivity contribution is -0.110. The van der Waals surface area contributed by atoms with Crippen molar-refractivity contribution in [3.8, 4) is 0 Å². The minimum Gasteiger partial charge on any atom is -0.301 e. The van der Waals surface area contributed by atoms with Crippen LogP contribution in [0.5, 0.6) is 0 Å². The second kappa shape index (κ2) is 1.85. The van der Waals surface area contributed by atoms with Gasteiger partial charge in [0.25, 0.3) is 0 Å². The van der Waals surface area contributed by atoms with E-state index in [1.807, 2.05) is 0 Å². The maximum absolute atomic E-state index is 10.6. The molecule has 0 aliphatic heterocycles. The van der Waals surface area contributed by atoms with Gasteiger partial charge in [0.1, 0.15) is 11.2 Å². The number of fused-ring (bicyclic) bond motifs is 2. The molecule has 0 saturated heterocycles. The highest BCUT2D eigenvalue weighted by Gasteiger charge is 2.46. The van der Waals surface area contributed by atoms with E-state index in [9.17, 15) is 4.79 Å². The first-order valence-electron chi connectivity index (χ1n) is 3.58. The van der Waals surface area contributed by atoms with E-state index in [4.69, 9.17) is 11.6 Å². The van der Waals surface area contributed by atoms with Crippen molar-refractivity contribution in [3.05, 3.63) is 12.2 Å². The molecule has 3 atom stereocenters. The Labute approximate surface area is 65.1 Å². The average Bonchev–Trinajstić information content (AvgIpc) is 2.46. The van der Waals surface area contributed by atoms with Crippen molar-refractivity contribution in [2.75, 3.05) is 0 Å². The van der Waals surface area contributed by atoms with Crippen molar-refractivity contribution in [2.24, 2.45) is 11.8 Å². The molecule has 2 heteroatoms. The molecule has 0 aromatic carbocycles. The lowest BCUT2D eigenvalue weighted by Gasteiger charge is -2.20. The Hall–Kier alpha value is -0.300. The van der Waals surface area contributed by atoms with Crippen molar-refractivity contribution in [2.45, 2.75) is 17.7 Å². The maximum atomic E-state index is 10.6. The molecule has 10 heavy (non-hydrogen) atoms. The molecule has 1 nitrogen and oxygen atoms in total. The summed E-state index contributed by atoms with van der Waals surface area (Å²) < 4.78 is 0. The van der Waals surface area contributed by atoms with Crippen molar-refractivity contribution >= 4 is 17.9 Å². The second-order valence-electron chi connectivity index (χ2n) is 3.24. The third-order valence-corrected chi connectivity index (χ3v) is 3.08. The third kappa shape index (κ3) is 0.671. The minimum atomic E-state index is -0.542. The number of hydrogen-bond acceptors (Lipinski definition) is 1. The predicted molar refractivity (Wildman–Crippen MR) is 40.0 cm³/mol. The SMILES string of the molecule is O=C[C@]1(Cl)C[C@H]2C=C[C@@H]1C2. The molecule has 2 bridgehead atoms. The number of rotatable bonds is 1. The highest BCUT2D eigenvalue weighted by atomic mass is 35.5. The van der Waals surface area contributed by atoms with Crippen LogP contribution in [0.15, 0.2) is 12.2 Å². The van der Waals surface area contributed by atoms with Gasteiger partial charge in [0.2, 0.25) is 0 Å². The van der Waals surface area contributed by atoms with Gasteiger partial charge in [0.15, 0.2) is 0 Å². The topological polar surface area (TPSA) is 17.1 Å². The quantitative estimate of drug-likeness (QED) is 0.321. The fourth-order valence-corrected chi connectivity index (χ4v) is 2.33. The zero-order valence-corrected chi connectivity index (χ0v) is 6.34. The Morgan fingerprint density at radius 3 is 2.70 bits per heavy atom. The van der Waals surface area contributed by atoms with Crippen LogP contribution in [-0.2, 0) is 4.79 Å². The first-order chi connectivity index (χ1) is 4.74. The van der Waals surface area contributed by atoms with Gasteiger partial charge >= 0.3 is 0 Å². The first kappa shape index (κ1) is 6.41. The third-order valence-electron chi connectivity index (χ3n) is 2.56. The predicted octanol–water partition coefficient (Wildman–Crippen LogP) is 1.76. The number of hydrogen-bond donors (Lipinski definition) is 0. The maximum Gasteiger partial charge on any atom is 0.141 e. The Morgan fingerprint density at radius 2 is 2.40 bits per heavy atom. The second-order valence-corrected chi connectivity index (χ2v) is 3.94. The standard InChI is InChI=1S/C8H9ClO/c9-8(5-10)4-6-1-2-7(8)3-6/h1-2,5-7H,3-4H2/t6-,7+,8+/m0/s1. The summed E-state index contributed by atoms with van der Waals surface area (Å²) in [6, 6.07) is 0. The minimum absolute atomic E-state index is 0.316. The zero-order valence-electron chi connectivity index (χ0n) is 5.59. The van der Waals surface area contributed by atoms with Crippen LogP contribution >= 0.6 is 11.6 Å². The molecule has 0 heterocycles. The summed E-state index contributed by atoms with van der Waals surface area (Å²) in [5, 5.41) is 0. The molecule has 0 amide bonds. The van der Waals surface area contributed by atoms with Crippen LogP contribution in [0.2, 0.25) is 0 Å². The van der Waals surface area contributed by atoms with E-state index in [-0.39, 0.29) is 0 Å². The van der Waals surface area contributed by atoms with Gasteiger partial charge in [-0.25, -0.2) is 0 Å². The lowest BCUT2D eigenvalue weighted by atomic mass is 9.94. The van der Waals surface area contributed by atoms with Crippen molar-refractivity contribution in [1.82, 2.24) is 0 Å². The number of allylic oxidation sites excluding steroid dienone is 2. The Balaban J connectivity index is 2.30. The molecule has 0 N–H and O–H groups in total. The van der Waals surface area contributed by atoms with Gasteiger partial charge in [-0.05, 0) is 18.8 Å². The molecule has 0 unspecified atom stereocenters. The van der Waals surface area contributed by atoms with Gasteiger partial charge in [0.05, 0.1) is 0 Å². The van der Waals surface area contributed by atoms with Crippen molar-refractivity contribution in [3.63, 3.8) is 0 Å². The van der Waals surface area contributed by atoms with E-state index >= 15 is 0 Å². The van der Waals surface area contributed by atoms with Crippen LogP contribution in [0, 0.1) is 11.8 Å². The van der Waals surface area contributed by atoms with Gasteiger partial charge in [-0.3, -0.25) is 0 Å². The molecular formula is C8H9ClO. The Kier molecular flexibility index (Phi) is 1.19. The number of aldehydes is 1. The van der Waals surface area contributed by atoms with E-state index in [0.717, 1.165) is 19.1 Å². The Morgan fingerprint density at radius 1 is 1.60 bits per heavy atom. The van der Waals surface area contributed by atoms with Crippen LogP contribution in [0.4, 0.5) is 0 Å². The summed E-state index contributed by atoms with van der Waals surface area (Å²) in [5.41, 5.74) is 0. The molecule has 0 spiro atoms. The van der Waals surface area contributed by atoms with E-state index in [1.165, 1.54) is 0 Å². The normalized spacial score (nSPS) is 50.1. The zero-order chi connectivity index (χ0) is 7.19. The molecule has 0 aromatic heterocycles. The first-order valence-corrected chi connectivity index (χ1v) is 3.96. The molecule has 2 rings (SSSR count). The van der Waals surface area contributed by atoms with E-state index in [1.54, 1.807) is 0 Å². The van der Waals surface area contributed by atoms with Gasteiger partial charge in [-0.2, -0.15) is 0 Å². The van der Waals surface area contributed by atoms with Crippen LogP contribution in [0.1, 0.15) is 12.8 Å². The van der Waals surface area contributed by atoms with Crippen LogP contribution in [0.25, 0.3) is 0 Å². The van der Waals surface area contributed by atoms with Crippen LogP contribution in [-0.4, -0.2) is 11.2 Å². The fraction of sp³-hybridized carbons (Fsp3) is 0.625. The molecule has 2 aliphatic carbocycles. The number of halogens is 1. The lowest BCUT2D eigenvalue weighted by Crippen LogP contribution is -2.28. The van der Waals surface area contributed by atoms with E-state index in [0.29, 0.717) is 11.8 Å². The average molecular weight is 157 g/mol. The van der Waals surface area contributed by atoms with Crippen molar-refractivity contribution < 1.29 is 4.79 Å². The molecule has 0 radical (unpaired) electrons. The summed E-state index contributed by atoms with van der Waals surface area (Å²) in [6.07, 6.45) is 7.09. The molecule has 54 valence electrons. The molecule has 2 aliphatic rings. The number of carbonyl (C=O) groups excluding carboxylic acids is 1. The summed E-state index contributed by atoms with van der Waals surface area (Å²) >= 11 is 6.03. The molecule has 0 aromatic rings. The van der Waals surface area contributed by atoms with Gasteiger partial charge in [-0.1, -0.05) is 12.2 Å². The summed E-state index contributed by atoms with van der Waals surface area (Å²) in [5.74, 6) is 0.893. The molecule has 1 saturated carbocycles. The molecule has 1 fully saturated rings. The number of carbonyl (C=O) groups is 1. The van der Waals surface area contributed by atoms with Crippen molar-refractivity contribution in [1.29, 1.82) is 0 Å². The summed E-state index contributed by atoms with van der Waals surface area (Å²) in [4.78, 5) is 10.0. The molecular weight excluding hydrogens is 148 g/mol. The number of alkyl halides is 1.